The lowest BCUT2D eigenvalue weighted by Crippen LogP contribution is -2.52. The summed E-state index contributed by atoms with van der Waals surface area (Å²) < 4.78 is 40.6. The van der Waals surface area contributed by atoms with Crippen molar-refractivity contribution < 1.29 is 32.9 Å². The molecule has 3 heterocycles. The van der Waals surface area contributed by atoms with Crippen molar-refractivity contribution in [3.63, 3.8) is 0 Å². The number of ether oxygens (including phenoxy) is 4. The number of hydrogen-bond donors (Lipinski definition) is 0. The minimum absolute atomic E-state index is 0.0301. The molecule has 0 bridgehead atoms. The average Bonchev–Trinajstić information content (AvgIpc) is 3.60. The zero-order valence-electron chi connectivity index (χ0n) is 36.0. The molecule has 1 fully saturated rings. The van der Waals surface area contributed by atoms with Gasteiger partial charge in [0.05, 0.1) is 45.1 Å². The van der Waals surface area contributed by atoms with Crippen molar-refractivity contribution in [1.29, 1.82) is 0 Å². The predicted molar refractivity (Wildman–Crippen MR) is 239 cm³/mol. The normalized spacial score (nSPS) is 15.2. The Morgan fingerprint density at radius 1 is 0.806 bits per heavy atom. The van der Waals surface area contributed by atoms with Crippen LogP contribution in [0.4, 0.5) is 10.1 Å². The lowest BCUT2D eigenvalue weighted by atomic mass is 9.92. The average molecular weight is 837 g/mol. The maximum atomic E-state index is 15.9. The van der Waals surface area contributed by atoms with E-state index >= 15 is 14.0 Å². The zero-order chi connectivity index (χ0) is 43.3. The molecule has 2 aliphatic heterocycles. The maximum Gasteiger partial charge on any atom is 0.260 e. The van der Waals surface area contributed by atoms with E-state index in [2.05, 4.69) is 17.0 Å². The fourth-order valence-electron chi connectivity index (χ4n) is 8.61. The number of halogens is 1. The van der Waals surface area contributed by atoms with Gasteiger partial charge in [0.15, 0.2) is 11.6 Å². The van der Waals surface area contributed by atoms with Gasteiger partial charge in [0.1, 0.15) is 18.1 Å². The summed E-state index contributed by atoms with van der Waals surface area (Å²) >= 11 is 0. The number of carbonyl (C=O) groups is 2. The standard InChI is InChI=1S/C51H53FN4O6/c1-34-38(16-11-17-48(34)59-4)30-55(40-18-20-42(21-19-40)62-33-36-12-7-6-8-13-36)50(57)43-28-47(53(3)35(43)2)44-27-46(52)49(60-5)29-45(44)51(58)56-31-39-15-10-9-14-37(39)26-41(56)32-54-22-24-61-25-23-54/h6-21,27-29,41H,22-26,30-33H2,1-5H3/t41-/m0/s1. The second-order valence-electron chi connectivity index (χ2n) is 16.0. The highest BCUT2D eigenvalue weighted by atomic mass is 19.1. The molecule has 10 nitrogen and oxygen atoms in total. The number of carbonyl (C=O) groups excluding carboxylic acids is 2. The molecule has 0 unspecified atom stereocenters. The van der Waals surface area contributed by atoms with Crippen LogP contribution in [0.1, 0.15) is 54.2 Å². The third-order valence-corrected chi connectivity index (χ3v) is 12.3. The molecule has 0 N–H and O–H groups in total. The SMILES string of the molecule is COc1cc(C(=O)N2Cc3ccccc3C[C@H]2CN2CCOCC2)c(-c2cc(C(=O)N(Cc3cccc(OC)c3C)c3ccc(OCc4ccccc4)cc3)c(C)n2C)cc1F. The summed E-state index contributed by atoms with van der Waals surface area (Å²) in [4.78, 5) is 36.2. The Morgan fingerprint density at radius 3 is 2.24 bits per heavy atom. The first-order valence-corrected chi connectivity index (χ1v) is 21.1. The number of methoxy groups -OCH3 is 2. The molecule has 1 atom stereocenters. The third kappa shape index (κ3) is 8.82. The molecule has 6 aromatic rings. The minimum Gasteiger partial charge on any atom is -0.496 e. The molecule has 2 amide bonds. The molecule has 8 rings (SSSR count). The highest BCUT2D eigenvalue weighted by Crippen LogP contribution is 2.37. The molecule has 320 valence electrons. The molecule has 11 heteroatoms. The Bertz CT molecular complexity index is 2550. The van der Waals surface area contributed by atoms with Crippen LogP contribution in [0.2, 0.25) is 0 Å². The summed E-state index contributed by atoms with van der Waals surface area (Å²) in [5.41, 5.74) is 8.12. The molecular weight excluding hydrogens is 784 g/mol. The summed E-state index contributed by atoms with van der Waals surface area (Å²) in [5.74, 6) is 0.263. The van der Waals surface area contributed by atoms with E-state index in [1.807, 2.05) is 115 Å². The Labute approximate surface area is 363 Å². The van der Waals surface area contributed by atoms with E-state index in [0.29, 0.717) is 78.8 Å². The smallest absolute Gasteiger partial charge is 0.260 e. The number of hydrogen-bond acceptors (Lipinski definition) is 7. The van der Waals surface area contributed by atoms with Gasteiger partial charge in [-0.05, 0) is 96.6 Å². The van der Waals surface area contributed by atoms with E-state index in [-0.39, 0.29) is 30.2 Å². The van der Waals surface area contributed by atoms with Crippen molar-refractivity contribution in [2.45, 2.75) is 46.0 Å². The Balaban J connectivity index is 1.16. The van der Waals surface area contributed by atoms with Crippen LogP contribution in [-0.2, 0) is 37.9 Å². The first-order valence-electron chi connectivity index (χ1n) is 21.1. The predicted octanol–water partition coefficient (Wildman–Crippen LogP) is 8.79. The number of rotatable bonds is 13. The van der Waals surface area contributed by atoms with Gasteiger partial charge in [-0.1, -0.05) is 66.7 Å². The summed E-state index contributed by atoms with van der Waals surface area (Å²) in [6.07, 6.45) is 0.692. The molecule has 0 aliphatic carbocycles. The zero-order valence-corrected chi connectivity index (χ0v) is 36.0. The summed E-state index contributed by atoms with van der Waals surface area (Å²) in [5, 5.41) is 0. The molecule has 0 saturated carbocycles. The molecule has 62 heavy (non-hydrogen) atoms. The van der Waals surface area contributed by atoms with Crippen molar-refractivity contribution in [3.8, 4) is 28.5 Å². The van der Waals surface area contributed by atoms with Crippen LogP contribution in [0, 0.1) is 19.7 Å². The monoisotopic (exact) mass is 836 g/mol. The van der Waals surface area contributed by atoms with Crippen molar-refractivity contribution in [2.24, 2.45) is 7.05 Å². The van der Waals surface area contributed by atoms with Crippen molar-refractivity contribution in [3.05, 3.63) is 166 Å². The fraction of sp³-hybridized carbons (Fsp3) is 0.294. The summed E-state index contributed by atoms with van der Waals surface area (Å²) in [6, 6.07) is 36.0. The Hall–Kier alpha value is -6.43. The van der Waals surface area contributed by atoms with Gasteiger partial charge in [0, 0.05) is 61.9 Å². The van der Waals surface area contributed by atoms with Gasteiger partial charge in [0.25, 0.3) is 11.8 Å². The summed E-state index contributed by atoms with van der Waals surface area (Å²) in [7, 11) is 4.87. The lowest BCUT2D eigenvalue weighted by Gasteiger charge is -2.40. The second-order valence-corrected chi connectivity index (χ2v) is 16.0. The van der Waals surface area contributed by atoms with E-state index in [9.17, 15) is 0 Å². The van der Waals surface area contributed by atoms with Gasteiger partial charge in [-0.15, -0.1) is 0 Å². The Kier molecular flexibility index (Phi) is 12.7. The fourth-order valence-corrected chi connectivity index (χ4v) is 8.61. The van der Waals surface area contributed by atoms with Gasteiger partial charge in [0.2, 0.25) is 0 Å². The molecule has 1 aromatic heterocycles. The lowest BCUT2D eigenvalue weighted by molar-refractivity contribution is 0.0193. The first kappa shape index (κ1) is 42.3. The largest absolute Gasteiger partial charge is 0.496 e. The number of nitrogens with zero attached hydrogens (tertiary/aromatic N) is 4. The number of amides is 2. The highest BCUT2D eigenvalue weighted by Gasteiger charge is 2.35. The van der Waals surface area contributed by atoms with Crippen LogP contribution in [0.5, 0.6) is 17.2 Å². The second kappa shape index (κ2) is 18.7. The first-order chi connectivity index (χ1) is 30.1. The van der Waals surface area contributed by atoms with Crippen molar-refractivity contribution in [1.82, 2.24) is 14.4 Å². The van der Waals surface area contributed by atoms with Gasteiger partial charge in [-0.2, -0.15) is 0 Å². The number of aromatic nitrogens is 1. The molecule has 0 radical (unpaired) electrons. The molecule has 2 aliphatic rings. The van der Waals surface area contributed by atoms with Crippen molar-refractivity contribution in [2.75, 3.05) is 52.0 Å². The van der Waals surface area contributed by atoms with Crippen LogP contribution in [0.3, 0.4) is 0 Å². The van der Waals surface area contributed by atoms with E-state index in [1.165, 1.54) is 24.8 Å². The third-order valence-electron chi connectivity index (χ3n) is 12.3. The van der Waals surface area contributed by atoms with E-state index in [0.717, 1.165) is 41.1 Å². The van der Waals surface area contributed by atoms with Crippen LogP contribution >= 0.6 is 0 Å². The minimum atomic E-state index is -0.607. The van der Waals surface area contributed by atoms with E-state index < -0.39 is 5.82 Å². The highest BCUT2D eigenvalue weighted by molar-refractivity contribution is 6.08. The number of anilines is 1. The molecular formula is C51H53FN4O6. The van der Waals surface area contributed by atoms with Crippen LogP contribution < -0.4 is 19.1 Å². The van der Waals surface area contributed by atoms with Crippen LogP contribution in [-0.4, -0.2) is 79.3 Å². The van der Waals surface area contributed by atoms with Crippen molar-refractivity contribution >= 4 is 17.5 Å². The topological polar surface area (TPSA) is 85.7 Å². The number of benzene rings is 5. The van der Waals surface area contributed by atoms with Gasteiger partial charge < -0.3 is 33.3 Å². The maximum absolute atomic E-state index is 15.9. The number of fused-ring (bicyclic) bond motifs is 1. The van der Waals surface area contributed by atoms with Crippen LogP contribution in [0.15, 0.2) is 115 Å². The van der Waals surface area contributed by atoms with E-state index in [4.69, 9.17) is 18.9 Å². The molecule has 5 aromatic carbocycles. The van der Waals surface area contributed by atoms with Crippen LogP contribution in [0.25, 0.3) is 11.3 Å². The molecule has 0 spiro atoms. The molecule has 1 saturated heterocycles. The van der Waals surface area contributed by atoms with E-state index in [1.54, 1.807) is 18.1 Å². The Morgan fingerprint density at radius 2 is 1.52 bits per heavy atom. The number of morpholine rings is 1. The van der Waals surface area contributed by atoms with Gasteiger partial charge >= 0.3 is 0 Å². The summed E-state index contributed by atoms with van der Waals surface area (Å²) in [6.45, 7) is 8.47. The van der Waals surface area contributed by atoms with Gasteiger partial charge in [-0.25, -0.2) is 4.39 Å². The quantitative estimate of drug-likeness (QED) is 0.115. The van der Waals surface area contributed by atoms with Gasteiger partial charge in [-0.3, -0.25) is 14.5 Å².